The summed E-state index contributed by atoms with van der Waals surface area (Å²) in [7, 11) is 1.74. The molecule has 1 N–H and O–H groups in total. The van der Waals surface area contributed by atoms with E-state index in [2.05, 4.69) is 20.3 Å². The van der Waals surface area contributed by atoms with Crippen molar-refractivity contribution in [2.24, 2.45) is 7.05 Å². The van der Waals surface area contributed by atoms with E-state index in [4.69, 9.17) is 23.2 Å². The second-order valence-electron chi connectivity index (χ2n) is 7.32. The molecule has 6 nitrogen and oxygen atoms in total. The molecule has 1 aromatic carbocycles. The van der Waals surface area contributed by atoms with E-state index in [0.29, 0.717) is 44.6 Å². The maximum absolute atomic E-state index is 12.2. The number of hydrogen-bond acceptors (Lipinski definition) is 5. The SMILES string of the molecule is CCc1c(Cl)nc2ccc(C(O)(c3ccc(C)nc3C)c3cnnn3C)cc2c1Cl. The summed E-state index contributed by atoms with van der Waals surface area (Å²) in [5.41, 5.74) is 3.27. The van der Waals surface area contributed by atoms with Crippen LogP contribution in [0.4, 0.5) is 0 Å². The molecule has 0 radical (unpaired) electrons. The molecule has 0 spiro atoms. The maximum Gasteiger partial charge on any atom is 0.160 e. The molecule has 1 atom stereocenters. The van der Waals surface area contributed by atoms with Crippen molar-refractivity contribution in [3.8, 4) is 0 Å². The maximum atomic E-state index is 12.2. The van der Waals surface area contributed by atoms with Crippen LogP contribution in [0.25, 0.3) is 10.9 Å². The van der Waals surface area contributed by atoms with Gasteiger partial charge in [0.25, 0.3) is 0 Å². The number of rotatable bonds is 4. The van der Waals surface area contributed by atoms with Gasteiger partial charge < -0.3 is 5.11 Å². The highest BCUT2D eigenvalue weighted by Crippen LogP contribution is 2.40. The Hall–Kier alpha value is -2.54. The Bertz CT molecular complexity index is 1270. The molecule has 0 aliphatic heterocycles. The minimum absolute atomic E-state index is 0.396. The first kappa shape index (κ1) is 20.7. The van der Waals surface area contributed by atoms with Gasteiger partial charge in [0.2, 0.25) is 0 Å². The van der Waals surface area contributed by atoms with E-state index in [1.54, 1.807) is 17.9 Å². The lowest BCUT2D eigenvalue weighted by atomic mass is 9.82. The van der Waals surface area contributed by atoms with Gasteiger partial charge in [0, 0.05) is 34.9 Å². The number of nitrogens with zero attached hydrogens (tertiary/aromatic N) is 5. The number of aromatic nitrogens is 5. The van der Waals surface area contributed by atoms with Crippen molar-refractivity contribution in [1.29, 1.82) is 0 Å². The van der Waals surface area contributed by atoms with Gasteiger partial charge in [0.1, 0.15) is 5.15 Å². The van der Waals surface area contributed by atoms with Gasteiger partial charge >= 0.3 is 0 Å². The monoisotopic (exact) mass is 441 g/mol. The molecule has 0 amide bonds. The first-order valence-corrected chi connectivity index (χ1v) is 10.3. The highest BCUT2D eigenvalue weighted by atomic mass is 35.5. The molecule has 30 heavy (non-hydrogen) atoms. The van der Waals surface area contributed by atoms with Gasteiger partial charge in [-0.1, -0.05) is 47.5 Å². The molecule has 0 saturated heterocycles. The molecule has 0 aliphatic rings. The number of hydrogen-bond donors (Lipinski definition) is 1. The third kappa shape index (κ3) is 3.16. The number of fused-ring (bicyclic) bond motifs is 1. The number of aliphatic hydroxyl groups is 1. The number of halogens is 2. The molecule has 0 fully saturated rings. The van der Waals surface area contributed by atoms with Gasteiger partial charge in [0.05, 0.1) is 22.4 Å². The lowest BCUT2D eigenvalue weighted by Crippen LogP contribution is -2.32. The van der Waals surface area contributed by atoms with Crippen LogP contribution in [0.3, 0.4) is 0 Å². The van der Waals surface area contributed by atoms with Crippen molar-refractivity contribution in [1.82, 2.24) is 25.0 Å². The summed E-state index contributed by atoms with van der Waals surface area (Å²) in [5.74, 6) is 0. The molecule has 8 heteroatoms. The van der Waals surface area contributed by atoms with Crippen molar-refractivity contribution in [3.05, 3.63) is 80.5 Å². The molecular weight excluding hydrogens is 421 g/mol. The van der Waals surface area contributed by atoms with Crippen molar-refractivity contribution in [2.75, 3.05) is 0 Å². The van der Waals surface area contributed by atoms with E-state index in [9.17, 15) is 5.11 Å². The van der Waals surface area contributed by atoms with Crippen molar-refractivity contribution in [2.45, 2.75) is 32.8 Å². The van der Waals surface area contributed by atoms with Gasteiger partial charge in [-0.25, -0.2) is 9.67 Å². The number of pyridine rings is 2. The highest BCUT2D eigenvalue weighted by Gasteiger charge is 2.39. The van der Waals surface area contributed by atoms with Crippen LogP contribution in [-0.2, 0) is 19.1 Å². The van der Waals surface area contributed by atoms with Crippen molar-refractivity contribution in [3.63, 3.8) is 0 Å². The van der Waals surface area contributed by atoms with Crippen LogP contribution in [0.1, 0.15) is 40.7 Å². The Morgan fingerprint density at radius 1 is 1.10 bits per heavy atom. The standard InChI is InChI=1S/C22H21Cl2N5O/c1-5-15-20(23)16-10-14(7-9-18(16)27-21(15)24)22(30,19-11-25-28-29(19)4)17-8-6-12(2)26-13(17)3/h6-11,30H,5H2,1-4H3. The molecular formula is C22H21Cl2N5O. The molecule has 154 valence electrons. The fourth-order valence-electron chi connectivity index (χ4n) is 3.89. The Kier molecular flexibility index (Phi) is 5.26. The van der Waals surface area contributed by atoms with Crippen LogP contribution >= 0.6 is 23.2 Å². The number of aryl methyl sites for hydroxylation is 3. The molecule has 1 unspecified atom stereocenters. The van der Waals surface area contributed by atoms with Crippen LogP contribution in [0.15, 0.2) is 36.5 Å². The zero-order valence-electron chi connectivity index (χ0n) is 17.1. The van der Waals surface area contributed by atoms with Gasteiger partial charge in [-0.3, -0.25) is 4.98 Å². The summed E-state index contributed by atoms with van der Waals surface area (Å²) in [6.45, 7) is 5.77. The van der Waals surface area contributed by atoms with Crippen LogP contribution < -0.4 is 0 Å². The lowest BCUT2D eigenvalue weighted by Gasteiger charge is -2.30. The van der Waals surface area contributed by atoms with Gasteiger partial charge in [-0.15, -0.1) is 5.10 Å². The zero-order valence-corrected chi connectivity index (χ0v) is 18.6. The summed E-state index contributed by atoms with van der Waals surface area (Å²) in [4.78, 5) is 9.03. The lowest BCUT2D eigenvalue weighted by molar-refractivity contribution is 0.115. The third-order valence-corrected chi connectivity index (χ3v) is 6.18. The Balaban J connectivity index is 2.05. The van der Waals surface area contributed by atoms with Gasteiger partial charge in [0.15, 0.2) is 5.60 Å². The Labute approximate surface area is 184 Å². The largest absolute Gasteiger partial charge is 0.374 e. The van der Waals surface area contributed by atoms with E-state index < -0.39 is 5.60 Å². The summed E-state index contributed by atoms with van der Waals surface area (Å²) in [6, 6.07) is 9.25. The molecule has 3 heterocycles. The Morgan fingerprint density at radius 2 is 1.87 bits per heavy atom. The van der Waals surface area contributed by atoms with E-state index in [-0.39, 0.29) is 0 Å². The summed E-state index contributed by atoms with van der Waals surface area (Å²) < 4.78 is 1.56. The first-order chi connectivity index (χ1) is 14.3. The molecule has 0 saturated carbocycles. The fraction of sp³-hybridized carbons (Fsp3) is 0.273. The molecule has 0 aliphatic carbocycles. The Morgan fingerprint density at radius 3 is 2.50 bits per heavy atom. The smallest absolute Gasteiger partial charge is 0.160 e. The molecule has 3 aromatic heterocycles. The third-order valence-electron chi connectivity index (χ3n) is 5.44. The molecule has 0 bridgehead atoms. The summed E-state index contributed by atoms with van der Waals surface area (Å²) in [6.07, 6.45) is 2.21. The van der Waals surface area contributed by atoms with Crippen LogP contribution in [0.5, 0.6) is 0 Å². The first-order valence-electron chi connectivity index (χ1n) is 9.57. The summed E-state index contributed by atoms with van der Waals surface area (Å²) >= 11 is 13.0. The van der Waals surface area contributed by atoms with E-state index in [1.165, 1.54) is 0 Å². The van der Waals surface area contributed by atoms with E-state index in [0.717, 1.165) is 16.6 Å². The van der Waals surface area contributed by atoms with Crippen LogP contribution in [0, 0.1) is 13.8 Å². The second-order valence-corrected chi connectivity index (χ2v) is 8.06. The number of benzene rings is 1. The minimum Gasteiger partial charge on any atom is -0.374 e. The topological polar surface area (TPSA) is 76.7 Å². The van der Waals surface area contributed by atoms with Crippen molar-refractivity contribution >= 4 is 34.1 Å². The molecule has 4 rings (SSSR count). The van der Waals surface area contributed by atoms with Crippen LogP contribution in [-0.4, -0.2) is 30.1 Å². The zero-order chi connectivity index (χ0) is 21.6. The molecule has 4 aromatic rings. The van der Waals surface area contributed by atoms with Crippen molar-refractivity contribution < 1.29 is 5.11 Å². The van der Waals surface area contributed by atoms with Crippen LogP contribution in [0.2, 0.25) is 10.2 Å². The predicted octanol–water partition coefficient (Wildman–Crippen LogP) is 4.53. The fourth-order valence-corrected chi connectivity index (χ4v) is 4.63. The average molecular weight is 442 g/mol. The van der Waals surface area contributed by atoms with Gasteiger partial charge in [-0.05, 0) is 44.0 Å². The van der Waals surface area contributed by atoms with E-state index >= 15 is 0 Å². The second kappa shape index (κ2) is 7.61. The minimum atomic E-state index is -1.54. The predicted molar refractivity (Wildman–Crippen MR) is 118 cm³/mol. The average Bonchev–Trinajstić information content (AvgIpc) is 3.14. The van der Waals surface area contributed by atoms with Gasteiger partial charge in [-0.2, -0.15) is 0 Å². The highest BCUT2D eigenvalue weighted by molar-refractivity contribution is 6.39. The quantitative estimate of drug-likeness (QED) is 0.470. The normalized spacial score (nSPS) is 13.6. The summed E-state index contributed by atoms with van der Waals surface area (Å²) in [5, 5.41) is 21.8. The van der Waals surface area contributed by atoms with E-state index in [1.807, 2.05) is 51.1 Å².